The molecule has 0 aliphatic rings. The number of halogens is 2. The lowest BCUT2D eigenvalue weighted by Gasteiger charge is -2.08. The fourth-order valence-corrected chi connectivity index (χ4v) is 2.31. The molecule has 3 rings (SSSR count). The van der Waals surface area contributed by atoms with E-state index < -0.39 is 0 Å². The molecule has 100 valence electrons. The highest BCUT2D eigenvalue weighted by Crippen LogP contribution is 2.23. The monoisotopic (exact) mass is 288 g/mol. The molecule has 5 heteroatoms. The van der Waals surface area contributed by atoms with Gasteiger partial charge in [0.15, 0.2) is 5.43 Å². The largest absolute Gasteiger partial charge is 0.353 e. The number of aromatic amines is 1. The molecule has 0 unspecified atom stereocenters. The zero-order valence-corrected chi connectivity index (χ0v) is 11.3. The molecule has 0 spiro atoms. The van der Waals surface area contributed by atoms with Crippen molar-refractivity contribution in [1.29, 1.82) is 0 Å². The molecule has 20 heavy (non-hydrogen) atoms. The number of nitrogens with zero attached hydrogens (tertiary/aromatic N) is 1. The van der Waals surface area contributed by atoms with Gasteiger partial charge in [-0.3, -0.25) is 4.79 Å². The summed E-state index contributed by atoms with van der Waals surface area (Å²) in [6.07, 6.45) is 1.50. The molecule has 1 aromatic carbocycles. The van der Waals surface area contributed by atoms with E-state index in [1.807, 2.05) is 6.92 Å². The van der Waals surface area contributed by atoms with E-state index in [1.54, 1.807) is 6.07 Å². The topological polar surface area (TPSA) is 45.8 Å². The highest BCUT2D eigenvalue weighted by atomic mass is 35.5. The summed E-state index contributed by atoms with van der Waals surface area (Å²) in [7, 11) is 0. The van der Waals surface area contributed by atoms with Gasteiger partial charge in [0.25, 0.3) is 0 Å². The van der Waals surface area contributed by atoms with Crippen molar-refractivity contribution in [2.45, 2.75) is 6.92 Å². The van der Waals surface area contributed by atoms with Gasteiger partial charge in [0.1, 0.15) is 11.0 Å². The molecule has 0 aliphatic carbocycles. The summed E-state index contributed by atoms with van der Waals surface area (Å²) in [5.41, 5.74) is 2.48. The van der Waals surface area contributed by atoms with E-state index in [2.05, 4.69) is 9.97 Å². The van der Waals surface area contributed by atoms with Crippen LogP contribution < -0.4 is 5.43 Å². The summed E-state index contributed by atoms with van der Waals surface area (Å²) < 4.78 is 13.4. The number of rotatable bonds is 1. The van der Waals surface area contributed by atoms with E-state index in [0.29, 0.717) is 22.2 Å². The maximum Gasteiger partial charge on any atom is 0.190 e. The van der Waals surface area contributed by atoms with Crippen molar-refractivity contribution in [1.82, 2.24) is 9.97 Å². The molecule has 0 aliphatic heterocycles. The number of hydrogen-bond acceptors (Lipinski definition) is 2. The Labute approximate surface area is 119 Å². The summed E-state index contributed by atoms with van der Waals surface area (Å²) in [6.45, 7) is 1.86. The molecule has 3 aromatic rings. The minimum Gasteiger partial charge on any atom is -0.353 e. The Kier molecular flexibility index (Phi) is 3.03. The first kappa shape index (κ1) is 12.8. The minimum atomic E-state index is -0.347. The van der Waals surface area contributed by atoms with Crippen molar-refractivity contribution in [3.8, 4) is 11.3 Å². The quantitative estimate of drug-likeness (QED) is 0.694. The standard InChI is InChI=1S/C15H10ClFN2O/c1-8-2-3-9(17)4-10(8)12-6-14(20)11-5-15(16)18-7-13(11)19-12/h2-7H,1H3,(H,19,20). The van der Waals surface area contributed by atoms with Crippen LogP contribution in [0.25, 0.3) is 22.2 Å². The summed E-state index contributed by atoms with van der Waals surface area (Å²) >= 11 is 5.78. The normalized spacial score (nSPS) is 10.9. The minimum absolute atomic E-state index is 0.179. The molecule has 0 radical (unpaired) electrons. The van der Waals surface area contributed by atoms with Crippen LogP contribution in [0.15, 0.2) is 41.3 Å². The van der Waals surface area contributed by atoms with E-state index in [4.69, 9.17) is 11.6 Å². The van der Waals surface area contributed by atoms with Crippen molar-refractivity contribution in [2.24, 2.45) is 0 Å². The van der Waals surface area contributed by atoms with Crippen LogP contribution in [0.3, 0.4) is 0 Å². The van der Waals surface area contributed by atoms with Crippen LogP contribution >= 0.6 is 11.6 Å². The second-order valence-corrected chi connectivity index (χ2v) is 4.95. The molecular formula is C15H10ClFN2O. The molecule has 1 N–H and O–H groups in total. The van der Waals surface area contributed by atoms with Crippen LogP contribution in [-0.4, -0.2) is 9.97 Å². The van der Waals surface area contributed by atoms with Gasteiger partial charge in [0.05, 0.1) is 22.8 Å². The van der Waals surface area contributed by atoms with Crippen LogP contribution in [-0.2, 0) is 0 Å². The van der Waals surface area contributed by atoms with Gasteiger partial charge < -0.3 is 4.98 Å². The Morgan fingerprint density at radius 3 is 2.85 bits per heavy atom. The maximum atomic E-state index is 13.4. The zero-order chi connectivity index (χ0) is 14.3. The third-order valence-electron chi connectivity index (χ3n) is 3.17. The molecule has 0 bridgehead atoms. The second kappa shape index (κ2) is 4.72. The number of H-pyrrole nitrogens is 1. The summed E-state index contributed by atoms with van der Waals surface area (Å²) in [5.74, 6) is -0.347. The summed E-state index contributed by atoms with van der Waals surface area (Å²) in [6, 6.07) is 7.42. The molecule has 0 atom stereocenters. The fraction of sp³-hybridized carbons (Fsp3) is 0.0667. The van der Waals surface area contributed by atoms with Crippen LogP contribution in [0, 0.1) is 12.7 Å². The van der Waals surface area contributed by atoms with Crippen LogP contribution in [0.4, 0.5) is 4.39 Å². The van der Waals surface area contributed by atoms with Crippen LogP contribution in [0.5, 0.6) is 0 Å². The molecule has 2 heterocycles. The van der Waals surface area contributed by atoms with E-state index in [9.17, 15) is 9.18 Å². The number of nitrogens with one attached hydrogen (secondary N) is 1. The molecule has 3 nitrogen and oxygen atoms in total. The van der Waals surface area contributed by atoms with Crippen molar-refractivity contribution < 1.29 is 4.39 Å². The first-order chi connectivity index (χ1) is 9.54. The van der Waals surface area contributed by atoms with Crippen molar-refractivity contribution in [3.05, 3.63) is 63.3 Å². The highest BCUT2D eigenvalue weighted by Gasteiger charge is 2.08. The Morgan fingerprint density at radius 2 is 2.05 bits per heavy atom. The van der Waals surface area contributed by atoms with Gasteiger partial charge in [-0.25, -0.2) is 9.37 Å². The summed E-state index contributed by atoms with van der Waals surface area (Å²) in [5, 5.41) is 0.723. The lowest BCUT2D eigenvalue weighted by Crippen LogP contribution is -2.04. The number of hydrogen-bond donors (Lipinski definition) is 1. The lowest BCUT2D eigenvalue weighted by molar-refractivity contribution is 0.628. The number of aromatic nitrogens is 2. The smallest absolute Gasteiger partial charge is 0.190 e. The molecular weight excluding hydrogens is 279 g/mol. The van der Waals surface area contributed by atoms with E-state index in [1.165, 1.54) is 30.5 Å². The van der Waals surface area contributed by atoms with Crippen LogP contribution in [0.1, 0.15) is 5.56 Å². The molecule has 0 fully saturated rings. The Hall–Kier alpha value is -2.20. The molecule has 2 aromatic heterocycles. The Morgan fingerprint density at radius 1 is 1.25 bits per heavy atom. The SMILES string of the molecule is Cc1ccc(F)cc1-c1cc(=O)c2cc(Cl)ncc2[nH]1. The number of aryl methyl sites for hydroxylation is 1. The lowest BCUT2D eigenvalue weighted by atomic mass is 10.0. The number of pyridine rings is 2. The molecule has 0 saturated carbocycles. The predicted octanol–water partition coefficient (Wildman–Crippen LogP) is 3.69. The van der Waals surface area contributed by atoms with Gasteiger partial charge in [0.2, 0.25) is 0 Å². The first-order valence-corrected chi connectivity index (χ1v) is 6.37. The van der Waals surface area contributed by atoms with Crippen molar-refractivity contribution in [3.63, 3.8) is 0 Å². The third kappa shape index (κ3) is 2.18. The van der Waals surface area contributed by atoms with Crippen molar-refractivity contribution in [2.75, 3.05) is 0 Å². The Bertz CT molecular complexity index is 873. The van der Waals surface area contributed by atoms with Gasteiger partial charge in [0, 0.05) is 11.6 Å². The zero-order valence-electron chi connectivity index (χ0n) is 10.6. The number of fused-ring (bicyclic) bond motifs is 1. The van der Waals surface area contributed by atoms with Gasteiger partial charge in [-0.1, -0.05) is 17.7 Å². The highest BCUT2D eigenvalue weighted by molar-refractivity contribution is 6.30. The maximum absolute atomic E-state index is 13.4. The van der Waals surface area contributed by atoms with Gasteiger partial charge in [-0.2, -0.15) is 0 Å². The van der Waals surface area contributed by atoms with Gasteiger partial charge in [-0.15, -0.1) is 0 Å². The first-order valence-electron chi connectivity index (χ1n) is 6.00. The van der Waals surface area contributed by atoms with E-state index in [-0.39, 0.29) is 16.4 Å². The van der Waals surface area contributed by atoms with Crippen molar-refractivity contribution >= 4 is 22.5 Å². The third-order valence-corrected chi connectivity index (χ3v) is 3.38. The van der Waals surface area contributed by atoms with E-state index >= 15 is 0 Å². The van der Waals surface area contributed by atoms with Gasteiger partial charge >= 0.3 is 0 Å². The molecule has 0 saturated heterocycles. The van der Waals surface area contributed by atoms with Gasteiger partial charge in [-0.05, 0) is 30.7 Å². The predicted molar refractivity (Wildman–Crippen MR) is 77.5 cm³/mol. The average Bonchev–Trinajstić information content (AvgIpc) is 2.42. The second-order valence-electron chi connectivity index (χ2n) is 4.56. The van der Waals surface area contributed by atoms with Crippen LogP contribution in [0.2, 0.25) is 5.15 Å². The van der Waals surface area contributed by atoms with E-state index in [0.717, 1.165) is 5.56 Å². The molecule has 0 amide bonds. The Balaban J connectivity index is 2.30. The fourth-order valence-electron chi connectivity index (χ4n) is 2.15. The summed E-state index contributed by atoms with van der Waals surface area (Å²) in [4.78, 5) is 19.2. The average molecular weight is 289 g/mol. The number of benzene rings is 1.